The zero-order chi connectivity index (χ0) is 16.7. The third-order valence-electron chi connectivity index (χ3n) is 4.16. The van der Waals surface area contributed by atoms with Crippen molar-refractivity contribution in [3.8, 4) is 0 Å². The molecule has 0 unspecified atom stereocenters. The Hall–Kier alpha value is -2.19. The first-order valence-corrected chi connectivity index (χ1v) is 8.82. The van der Waals surface area contributed by atoms with Crippen LogP contribution in [0.4, 0.5) is 5.82 Å². The Morgan fingerprint density at radius 2 is 2.04 bits per heavy atom. The molecule has 7 nitrogen and oxygen atoms in total. The van der Waals surface area contributed by atoms with E-state index < -0.39 is 0 Å². The molecular formula is C15H15ClN6OS. The second kappa shape index (κ2) is 6.03. The summed E-state index contributed by atoms with van der Waals surface area (Å²) in [5.41, 5.74) is 1.67. The molecule has 1 aliphatic heterocycles. The van der Waals surface area contributed by atoms with Gasteiger partial charge < -0.3 is 9.80 Å². The number of amides is 1. The summed E-state index contributed by atoms with van der Waals surface area (Å²) in [4.78, 5) is 25.7. The van der Waals surface area contributed by atoms with Crippen molar-refractivity contribution in [3.05, 3.63) is 39.6 Å². The van der Waals surface area contributed by atoms with Crippen LogP contribution in [0, 0.1) is 6.92 Å². The molecule has 1 aliphatic rings. The number of thiophene rings is 1. The fourth-order valence-electron chi connectivity index (χ4n) is 2.81. The van der Waals surface area contributed by atoms with E-state index in [0.29, 0.717) is 41.7 Å². The number of piperazine rings is 1. The molecule has 0 aromatic carbocycles. The Morgan fingerprint density at radius 3 is 2.75 bits per heavy atom. The smallest absolute Gasteiger partial charge is 0.265 e. The lowest BCUT2D eigenvalue weighted by Crippen LogP contribution is -2.49. The molecule has 0 aliphatic carbocycles. The lowest BCUT2D eigenvalue weighted by atomic mass is 10.2. The maximum absolute atomic E-state index is 12.6. The van der Waals surface area contributed by atoms with E-state index in [2.05, 4.69) is 20.0 Å². The Bertz CT molecular complexity index is 898. The molecule has 124 valence electrons. The van der Waals surface area contributed by atoms with Gasteiger partial charge in [0.1, 0.15) is 11.2 Å². The van der Waals surface area contributed by atoms with Crippen LogP contribution >= 0.6 is 22.9 Å². The van der Waals surface area contributed by atoms with E-state index in [9.17, 15) is 4.79 Å². The van der Waals surface area contributed by atoms with Gasteiger partial charge in [0.2, 0.25) is 0 Å². The summed E-state index contributed by atoms with van der Waals surface area (Å²) in [7, 11) is 0. The van der Waals surface area contributed by atoms with Crippen LogP contribution in [0.15, 0.2) is 24.1 Å². The monoisotopic (exact) mass is 362 g/mol. The number of hydrogen-bond acceptors (Lipinski definition) is 6. The molecule has 1 fully saturated rings. The van der Waals surface area contributed by atoms with Gasteiger partial charge in [-0.25, -0.2) is 4.98 Å². The van der Waals surface area contributed by atoms with Gasteiger partial charge >= 0.3 is 0 Å². The fourth-order valence-corrected chi connectivity index (χ4v) is 4.05. The van der Waals surface area contributed by atoms with Crippen molar-refractivity contribution in [1.29, 1.82) is 0 Å². The molecule has 3 aromatic rings. The van der Waals surface area contributed by atoms with E-state index in [1.807, 2.05) is 17.2 Å². The molecule has 0 N–H and O–H groups in total. The first-order chi connectivity index (χ1) is 11.6. The largest absolute Gasteiger partial charge is 0.352 e. The molecule has 1 saturated heterocycles. The lowest BCUT2D eigenvalue weighted by molar-refractivity contribution is 0.0751. The van der Waals surface area contributed by atoms with E-state index in [1.165, 1.54) is 17.7 Å². The number of anilines is 1. The highest BCUT2D eigenvalue weighted by atomic mass is 35.5. The van der Waals surface area contributed by atoms with Gasteiger partial charge in [-0.15, -0.1) is 11.3 Å². The lowest BCUT2D eigenvalue weighted by Gasteiger charge is -2.35. The van der Waals surface area contributed by atoms with Crippen molar-refractivity contribution >= 4 is 40.3 Å². The van der Waals surface area contributed by atoms with Crippen molar-refractivity contribution in [3.63, 3.8) is 0 Å². The van der Waals surface area contributed by atoms with Gasteiger partial charge in [-0.05, 0) is 17.9 Å². The summed E-state index contributed by atoms with van der Waals surface area (Å²) >= 11 is 7.63. The second-order valence-electron chi connectivity index (χ2n) is 5.64. The topological polar surface area (TPSA) is 66.6 Å². The summed E-state index contributed by atoms with van der Waals surface area (Å²) in [5.74, 6) is 0.900. The Morgan fingerprint density at radius 1 is 1.25 bits per heavy atom. The molecule has 0 saturated carbocycles. The van der Waals surface area contributed by atoms with E-state index in [0.717, 1.165) is 11.4 Å². The number of halogens is 1. The van der Waals surface area contributed by atoms with Crippen LogP contribution in [0.25, 0.3) is 5.65 Å². The fraction of sp³-hybridized carbons (Fsp3) is 0.333. The maximum atomic E-state index is 12.6. The predicted octanol–water partition coefficient (Wildman–Crippen LogP) is 2.11. The number of fused-ring (bicyclic) bond motifs is 1. The van der Waals surface area contributed by atoms with E-state index in [-0.39, 0.29) is 5.91 Å². The van der Waals surface area contributed by atoms with Crippen LogP contribution in [0.5, 0.6) is 0 Å². The summed E-state index contributed by atoms with van der Waals surface area (Å²) in [5, 5.41) is 6.73. The molecule has 0 bridgehead atoms. The molecule has 4 heterocycles. The quantitative estimate of drug-likeness (QED) is 0.698. The third kappa shape index (κ3) is 2.51. The molecule has 0 atom stereocenters. The van der Waals surface area contributed by atoms with Gasteiger partial charge in [-0.3, -0.25) is 9.78 Å². The summed E-state index contributed by atoms with van der Waals surface area (Å²) in [6, 6.07) is 0. The SMILES string of the molecule is Cc1csc(C(=O)N2CCN(c3cncc4ncnn34)CC2)c1Cl. The maximum Gasteiger partial charge on any atom is 0.265 e. The van der Waals surface area contributed by atoms with E-state index in [1.54, 1.807) is 16.9 Å². The minimum atomic E-state index is 0.00911. The highest BCUT2D eigenvalue weighted by Crippen LogP contribution is 2.29. The van der Waals surface area contributed by atoms with Gasteiger partial charge in [-0.1, -0.05) is 11.6 Å². The van der Waals surface area contributed by atoms with Crippen LogP contribution in [0.2, 0.25) is 5.02 Å². The van der Waals surface area contributed by atoms with Crippen molar-refractivity contribution in [2.24, 2.45) is 0 Å². The zero-order valence-electron chi connectivity index (χ0n) is 13.0. The van der Waals surface area contributed by atoms with Crippen molar-refractivity contribution in [2.45, 2.75) is 6.92 Å². The summed E-state index contributed by atoms with van der Waals surface area (Å²) in [6.45, 7) is 4.62. The molecule has 24 heavy (non-hydrogen) atoms. The standard InChI is InChI=1S/C15H15ClN6OS/c1-10-8-24-14(13(10)16)15(23)21-4-2-20(3-5-21)12-7-17-6-11-18-9-19-22(11)12/h6-9H,2-5H2,1H3. The first kappa shape index (κ1) is 15.3. The summed E-state index contributed by atoms with van der Waals surface area (Å²) in [6.07, 6.45) is 4.97. The number of aromatic nitrogens is 4. The number of nitrogens with zero attached hydrogens (tertiary/aromatic N) is 6. The number of rotatable bonds is 2. The van der Waals surface area contributed by atoms with Gasteiger partial charge in [0, 0.05) is 26.2 Å². The molecule has 3 aromatic heterocycles. The Kier molecular flexibility index (Phi) is 3.85. The van der Waals surface area contributed by atoms with Gasteiger partial charge in [-0.2, -0.15) is 9.61 Å². The molecule has 0 radical (unpaired) electrons. The normalized spacial score (nSPS) is 15.2. The van der Waals surface area contributed by atoms with Gasteiger partial charge in [0.15, 0.2) is 11.5 Å². The van der Waals surface area contributed by atoms with Crippen LogP contribution in [0.1, 0.15) is 15.2 Å². The molecular weight excluding hydrogens is 348 g/mol. The van der Waals surface area contributed by atoms with Crippen molar-refractivity contribution < 1.29 is 4.79 Å². The van der Waals surface area contributed by atoms with Gasteiger partial charge in [0.25, 0.3) is 5.91 Å². The Labute approximate surface area is 147 Å². The van der Waals surface area contributed by atoms with E-state index in [4.69, 9.17) is 11.6 Å². The average Bonchev–Trinajstić information content (AvgIpc) is 3.22. The van der Waals surface area contributed by atoms with Gasteiger partial charge in [0.05, 0.1) is 17.4 Å². The van der Waals surface area contributed by atoms with Crippen molar-refractivity contribution in [2.75, 3.05) is 31.1 Å². The van der Waals surface area contributed by atoms with Crippen LogP contribution in [-0.4, -0.2) is 56.6 Å². The molecule has 1 amide bonds. The third-order valence-corrected chi connectivity index (χ3v) is 5.84. The highest BCUT2D eigenvalue weighted by Gasteiger charge is 2.26. The highest BCUT2D eigenvalue weighted by molar-refractivity contribution is 7.13. The minimum Gasteiger partial charge on any atom is -0.352 e. The number of hydrogen-bond donors (Lipinski definition) is 0. The summed E-state index contributed by atoms with van der Waals surface area (Å²) < 4.78 is 1.77. The van der Waals surface area contributed by atoms with Crippen LogP contribution < -0.4 is 4.90 Å². The minimum absolute atomic E-state index is 0.00911. The zero-order valence-corrected chi connectivity index (χ0v) is 14.6. The average molecular weight is 363 g/mol. The Balaban J connectivity index is 1.50. The number of carbonyl (C=O) groups excluding carboxylic acids is 1. The van der Waals surface area contributed by atoms with Crippen LogP contribution in [-0.2, 0) is 0 Å². The van der Waals surface area contributed by atoms with Crippen LogP contribution in [0.3, 0.4) is 0 Å². The molecule has 4 rings (SSSR count). The second-order valence-corrected chi connectivity index (χ2v) is 6.89. The van der Waals surface area contributed by atoms with Crippen molar-refractivity contribution in [1.82, 2.24) is 24.5 Å². The first-order valence-electron chi connectivity index (χ1n) is 7.56. The molecule has 9 heteroatoms. The molecule has 0 spiro atoms. The number of carbonyl (C=O) groups is 1. The predicted molar refractivity (Wildman–Crippen MR) is 93.0 cm³/mol. The number of aryl methyl sites for hydroxylation is 1. The van der Waals surface area contributed by atoms with E-state index >= 15 is 0 Å².